The molecule has 2 N–H and O–H groups in total. The molecule has 0 spiro atoms. The maximum atomic E-state index is 12.4. The number of hydrogen-bond acceptors (Lipinski definition) is 3. The van der Waals surface area contributed by atoms with Gasteiger partial charge in [0.2, 0.25) is 10.0 Å². The lowest BCUT2D eigenvalue weighted by Gasteiger charge is -2.15. The number of rotatable bonds is 4. The van der Waals surface area contributed by atoms with E-state index in [1.54, 1.807) is 36.4 Å². The van der Waals surface area contributed by atoms with Gasteiger partial charge in [0.25, 0.3) is 0 Å². The van der Waals surface area contributed by atoms with Gasteiger partial charge in [0.1, 0.15) is 0 Å². The fourth-order valence-corrected chi connectivity index (χ4v) is 3.98. The van der Waals surface area contributed by atoms with Crippen LogP contribution in [0.25, 0.3) is 0 Å². The van der Waals surface area contributed by atoms with Crippen molar-refractivity contribution in [1.82, 2.24) is 4.72 Å². The molecule has 0 amide bonds. The normalized spacial score (nSPS) is 17.2. The molecular weight excluding hydrogens is 302 g/mol. The van der Waals surface area contributed by atoms with Crippen LogP contribution >= 0.6 is 0 Å². The molecule has 114 valence electrons. The highest BCUT2D eigenvalue weighted by Gasteiger charge is 2.28. The van der Waals surface area contributed by atoms with Gasteiger partial charge in [-0.3, -0.25) is 0 Å². The van der Waals surface area contributed by atoms with Gasteiger partial charge in [-0.2, -0.15) is 0 Å². The highest BCUT2D eigenvalue weighted by Crippen LogP contribution is 2.33. The minimum Gasteiger partial charge on any atom is -0.478 e. The zero-order valence-corrected chi connectivity index (χ0v) is 12.5. The van der Waals surface area contributed by atoms with Crippen molar-refractivity contribution < 1.29 is 18.3 Å². The van der Waals surface area contributed by atoms with Gasteiger partial charge in [0, 0.05) is 6.04 Å². The maximum absolute atomic E-state index is 12.4. The quantitative estimate of drug-likeness (QED) is 0.906. The summed E-state index contributed by atoms with van der Waals surface area (Å²) in [6.07, 6.45) is 1.36. The molecule has 1 atom stereocenters. The Morgan fingerprint density at radius 3 is 2.55 bits per heavy atom. The summed E-state index contributed by atoms with van der Waals surface area (Å²) in [5.41, 5.74) is 1.91. The van der Waals surface area contributed by atoms with E-state index < -0.39 is 16.0 Å². The Kier molecular flexibility index (Phi) is 3.72. The molecule has 22 heavy (non-hydrogen) atoms. The van der Waals surface area contributed by atoms with E-state index in [0.717, 1.165) is 17.5 Å². The molecular formula is C16H15NO4S. The third-order valence-corrected chi connectivity index (χ3v) is 5.31. The first-order valence-corrected chi connectivity index (χ1v) is 8.39. The van der Waals surface area contributed by atoms with Crippen molar-refractivity contribution in [2.45, 2.75) is 23.8 Å². The topological polar surface area (TPSA) is 83.5 Å². The summed E-state index contributed by atoms with van der Waals surface area (Å²) in [5, 5.41) is 9.07. The van der Waals surface area contributed by atoms with Gasteiger partial charge in [-0.1, -0.05) is 24.3 Å². The second-order valence-electron chi connectivity index (χ2n) is 5.24. The summed E-state index contributed by atoms with van der Waals surface area (Å²) >= 11 is 0. The van der Waals surface area contributed by atoms with Crippen molar-refractivity contribution in [3.05, 3.63) is 65.2 Å². The lowest BCUT2D eigenvalue weighted by Crippen LogP contribution is -2.27. The van der Waals surface area contributed by atoms with E-state index in [0.29, 0.717) is 6.42 Å². The van der Waals surface area contributed by atoms with Crippen LogP contribution in [-0.4, -0.2) is 19.5 Å². The molecule has 2 aromatic rings. The van der Waals surface area contributed by atoms with Crippen LogP contribution in [0.15, 0.2) is 53.4 Å². The first-order chi connectivity index (χ1) is 10.5. The second kappa shape index (κ2) is 5.55. The van der Waals surface area contributed by atoms with Crippen LogP contribution in [0, 0.1) is 0 Å². The zero-order valence-electron chi connectivity index (χ0n) is 11.7. The number of aryl methyl sites for hydroxylation is 1. The Morgan fingerprint density at radius 1 is 1.14 bits per heavy atom. The third kappa shape index (κ3) is 2.75. The van der Waals surface area contributed by atoms with E-state index in [1.807, 2.05) is 0 Å². The predicted octanol–water partition coefficient (Wildman–Crippen LogP) is 2.35. The molecule has 1 aliphatic carbocycles. The van der Waals surface area contributed by atoms with Crippen molar-refractivity contribution in [1.29, 1.82) is 0 Å². The van der Waals surface area contributed by atoms with Crippen LogP contribution in [0.1, 0.15) is 33.9 Å². The minimum atomic E-state index is -3.62. The fourth-order valence-electron chi connectivity index (χ4n) is 2.71. The molecule has 6 heteroatoms. The van der Waals surface area contributed by atoms with Crippen molar-refractivity contribution >= 4 is 16.0 Å². The standard InChI is InChI=1S/C16H15NO4S/c18-16(19)12-7-6-11-8-9-15(14(11)10-12)17-22(20,21)13-4-2-1-3-5-13/h1-7,10,15,17H,8-9H2,(H,18,19)/t15-/m1/s1. The fraction of sp³-hybridized carbons (Fsp3) is 0.188. The van der Waals surface area contributed by atoms with E-state index in [2.05, 4.69) is 4.72 Å². The van der Waals surface area contributed by atoms with Crippen molar-refractivity contribution in [2.24, 2.45) is 0 Å². The maximum Gasteiger partial charge on any atom is 0.335 e. The number of sulfonamides is 1. The number of carbonyl (C=O) groups is 1. The van der Waals surface area contributed by atoms with E-state index >= 15 is 0 Å². The monoisotopic (exact) mass is 317 g/mol. The average Bonchev–Trinajstić information content (AvgIpc) is 2.90. The van der Waals surface area contributed by atoms with E-state index in [-0.39, 0.29) is 16.5 Å². The van der Waals surface area contributed by atoms with Gasteiger partial charge in [-0.05, 0) is 48.2 Å². The molecule has 0 fully saturated rings. The van der Waals surface area contributed by atoms with E-state index in [9.17, 15) is 13.2 Å². The van der Waals surface area contributed by atoms with Gasteiger partial charge in [0.05, 0.1) is 10.5 Å². The number of benzene rings is 2. The van der Waals surface area contributed by atoms with Gasteiger partial charge in [-0.25, -0.2) is 17.9 Å². The number of carboxylic acids is 1. The Labute approximate surface area is 128 Å². The van der Waals surface area contributed by atoms with Gasteiger partial charge in [0.15, 0.2) is 0 Å². The van der Waals surface area contributed by atoms with Crippen LogP contribution in [-0.2, 0) is 16.4 Å². The highest BCUT2D eigenvalue weighted by atomic mass is 32.2. The van der Waals surface area contributed by atoms with Crippen LogP contribution in [0.3, 0.4) is 0 Å². The molecule has 3 rings (SSSR count). The van der Waals surface area contributed by atoms with Crippen molar-refractivity contribution in [3.63, 3.8) is 0 Å². The molecule has 0 unspecified atom stereocenters. The van der Waals surface area contributed by atoms with Crippen LogP contribution < -0.4 is 4.72 Å². The second-order valence-corrected chi connectivity index (χ2v) is 6.96. The average molecular weight is 317 g/mol. The molecule has 0 aliphatic heterocycles. The first-order valence-electron chi connectivity index (χ1n) is 6.91. The summed E-state index contributed by atoms with van der Waals surface area (Å²) in [5.74, 6) is -1.01. The lowest BCUT2D eigenvalue weighted by atomic mass is 10.0. The summed E-state index contributed by atoms with van der Waals surface area (Å²) in [6.45, 7) is 0. The third-order valence-electron chi connectivity index (χ3n) is 3.82. The van der Waals surface area contributed by atoms with E-state index in [4.69, 9.17) is 5.11 Å². The number of hydrogen-bond donors (Lipinski definition) is 2. The Balaban J connectivity index is 1.91. The number of carboxylic acid groups (broad SMARTS) is 1. The summed E-state index contributed by atoms with van der Waals surface area (Å²) < 4.78 is 27.5. The van der Waals surface area contributed by atoms with Crippen LogP contribution in [0.2, 0.25) is 0 Å². The number of aromatic carboxylic acids is 1. The summed E-state index contributed by atoms with van der Waals surface area (Å²) in [7, 11) is -3.62. The largest absolute Gasteiger partial charge is 0.478 e. The van der Waals surface area contributed by atoms with Gasteiger partial charge in [-0.15, -0.1) is 0 Å². The highest BCUT2D eigenvalue weighted by molar-refractivity contribution is 7.89. The lowest BCUT2D eigenvalue weighted by molar-refractivity contribution is 0.0696. The molecule has 0 heterocycles. The number of nitrogens with one attached hydrogen (secondary N) is 1. The molecule has 0 radical (unpaired) electrons. The molecule has 5 nitrogen and oxygen atoms in total. The van der Waals surface area contributed by atoms with Crippen LogP contribution in [0.4, 0.5) is 0 Å². The molecule has 2 aromatic carbocycles. The SMILES string of the molecule is O=C(O)c1ccc2c(c1)[C@H](NS(=O)(=O)c1ccccc1)CC2. The van der Waals surface area contributed by atoms with Crippen LogP contribution in [0.5, 0.6) is 0 Å². The minimum absolute atomic E-state index is 0.171. The van der Waals surface area contributed by atoms with Gasteiger partial charge < -0.3 is 5.11 Å². The Hall–Kier alpha value is -2.18. The zero-order chi connectivity index (χ0) is 15.7. The van der Waals surface area contributed by atoms with Crippen molar-refractivity contribution in [3.8, 4) is 0 Å². The summed E-state index contributed by atoms with van der Waals surface area (Å²) in [4.78, 5) is 11.3. The predicted molar refractivity (Wildman–Crippen MR) is 81.2 cm³/mol. The Morgan fingerprint density at radius 2 is 1.86 bits per heavy atom. The smallest absolute Gasteiger partial charge is 0.335 e. The van der Waals surface area contributed by atoms with E-state index in [1.165, 1.54) is 12.1 Å². The molecule has 0 bridgehead atoms. The molecule has 0 saturated carbocycles. The molecule has 0 saturated heterocycles. The van der Waals surface area contributed by atoms with Gasteiger partial charge >= 0.3 is 5.97 Å². The Bertz CT molecular complexity index is 815. The summed E-state index contributed by atoms with van der Waals surface area (Å²) in [6, 6.07) is 12.6. The number of fused-ring (bicyclic) bond motifs is 1. The molecule has 0 aromatic heterocycles. The van der Waals surface area contributed by atoms with Crippen molar-refractivity contribution in [2.75, 3.05) is 0 Å². The molecule has 1 aliphatic rings. The first kappa shape index (κ1) is 14.7.